The van der Waals surface area contributed by atoms with Crippen molar-refractivity contribution >= 4 is 29.2 Å². The lowest BCUT2D eigenvalue weighted by Crippen LogP contribution is -2.32. The predicted molar refractivity (Wildman–Crippen MR) is 112 cm³/mol. The average Bonchev–Trinajstić information content (AvgIpc) is 3.30. The summed E-state index contributed by atoms with van der Waals surface area (Å²) in [5.41, 5.74) is 7.41. The maximum atomic E-state index is 6.11. The van der Waals surface area contributed by atoms with E-state index in [9.17, 15) is 0 Å². The zero-order valence-corrected chi connectivity index (χ0v) is 16.5. The van der Waals surface area contributed by atoms with Gasteiger partial charge < -0.3 is 9.73 Å². The van der Waals surface area contributed by atoms with Crippen LogP contribution in [0, 0.1) is 6.92 Å². The highest BCUT2D eigenvalue weighted by Crippen LogP contribution is 2.33. The molecular formula is C22H26ClN3O. The van der Waals surface area contributed by atoms with Crippen molar-refractivity contribution in [3.8, 4) is 0 Å². The van der Waals surface area contributed by atoms with Crippen LogP contribution in [-0.2, 0) is 13.0 Å². The Hall–Kier alpha value is -2.04. The number of fused-ring (bicyclic) bond motifs is 2. The van der Waals surface area contributed by atoms with Gasteiger partial charge in [0.15, 0.2) is 11.5 Å². The molecule has 1 saturated heterocycles. The van der Waals surface area contributed by atoms with Crippen molar-refractivity contribution in [2.24, 2.45) is 0 Å². The number of hydrogen-bond donors (Lipinski definition) is 1. The molecule has 3 heterocycles. The molecule has 5 heteroatoms. The van der Waals surface area contributed by atoms with Gasteiger partial charge in [-0.05, 0) is 62.0 Å². The van der Waals surface area contributed by atoms with Crippen molar-refractivity contribution < 1.29 is 4.42 Å². The smallest absolute Gasteiger partial charge is 0.198 e. The number of nitrogens with one attached hydrogen (secondary N) is 1. The number of hydrogen-bond acceptors (Lipinski definition) is 4. The molecule has 2 aliphatic rings. The fourth-order valence-electron chi connectivity index (χ4n) is 4.40. The van der Waals surface area contributed by atoms with E-state index in [2.05, 4.69) is 47.5 Å². The second-order valence-electron chi connectivity index (χ2n) is 7.65. The van der Waals surface area contributed by atoms with Gasteiger partial charge >= 0.3 is 0 Å². The predicted octanol–water partition coefficient (Wildman–Crippen LogP) is 4.91. The van der Waals surface area contributed by atoms with E-state index in [0.29, 0.717) is 5.92 Å². The average molecular weight is 384 g/mol. The van der Waals surface area contributed by atoms with E-state index in [1.165, 1.54) is 22.4 Å². The van der Waals surface area contributed by atoms with Crippen molar-refractivity contribution in [2.75, 3.05) is 25.0 Å². The summed E-state index contributed by atoms with van der Waals surface area (Å²) in [5, 5.41) is 3.56. The first-order valence-corrected chi connectivity index (χ1v) is 9.71. The summed E-state index contributed by atoms with van der Waals surface area (Å²) in [4.78, 5) is 7.33. The van der Waals surface area contributed by atoms with Gasteiger partial charge in [0.05, 0.1) is 0 Å². The Morgan fingerprint density at radius 1 is 1.15 bits per heavy atom. The molecule has 2 aliphatic heterocycles. The molecule has 5 rings (SSSR count). The number of anilines is 1. The second kappa shape index (κ2) is 7.53. The summed E-state index contributed by atoms with van der Waals surface area (Å²) in [5.74, 6) is 1.37. The maximum absolute atomic E-state index is 6.11. The van der Waals surface area contributed by atoms with Crippen LogP contribution in [0.25, 0.3) is 11.1 Å². The summed E-state index contributed by atoms with van der Waals surface area (Å²) in [6.45, 7) is 6.41. The van der Waals surface area contributed by atoms with E-state index >= 15 is 0 Å². The number of aromatic nitrogens is 1. The number of rotatable bonds is 3. The van der Waals surface area contributed by atoms with Crippen molar-refractivity contribution in [3.63, 3.8) is 0 Å². The maximum Gasteiger partial charge on any atom is 0.198 e. The van der Waals surface area contributed by atoms with Crippen LogP contribution in [0.4, 0.5) is 5.69 Å². The Balaban J connectivity index is 0.00000180. The highest BCUT2D eigenvalue weighted by Gasteiger charge is 2.26. The lowest BCUT2D eigenvalue weighted by Gasteiger charge is -2.31. The number of piperidine rings is 1. The molecule has 4 nitrogen and oxygen atoms in total. The first kappa shape index (κ1) is 18.3. The normalized spacial score (nSPS) is 17.5. The third-order valence-corrected chi connectivity index (χ3v) is 5.89. The molecule has 1 N–H and O–H groups in total. The minimum atomic E-state index is 0. The molecule has 0 saturated carbocycles. The monoisotopic (exact) mass is 383 g/mol. The van der Waals surface area contributed by atoms with Crippen LogP contribution in [0.3, 0.4) is 0 Å². The lowest BCUT2D eigenvalue weighted by molar-refractivity contribution is 0.194. The zero-order valence-electron chi connectivity index (χ0n) is 15.7. The molecule has 27 heavy (non-hydrogen) atoms. The number of aryl methyl sites for hydroxylation is 1. The van der Waals surface area contributed by atoms with Gasteiger partial charge in [0.1, 0.15) is 5.52 Å². The number of oxazole rings is 1. The van der Waals surface area contributed by atoms with Crippen molar-refractivity contribution in [2.45, 2.75) is 38.6 Å². The van der Waals surface area contributed by atoms with Crippen molar-refractivity contribution in [1.82, 2.24) is 9.88 Å². The second-order valence-corrected chi connectivity index (χ2v) is 7.65. The lowest BCUT2D eigenvalue weighted by atomic mass is 9.96. The van der Waals surface area contributed by atoms with Crippen LogP contribution in [-0.4, -0.2) is 29.5 Å². The minimum Gasteiger partial charge on any atom is -0.440 e. The van der Waals surface area contributed by atoms with E-state index in [0.717, 1.165) is 62.4 Å². The Labute approximate surface area is 166 Å². The number of para-hydroxylation sites is 2. The standard InChI is InChI=1S/C22H25N3O.ClH/c1-15-4-2-7-19-21(15)26-22(24-19)17-9-12-25(13-10-17)14-18-6-3-5-16-8-11-23-20(16)18;/h2-7,17,23H,8-14H2,1H3;1H. The van der Waals surface area contributed by atoms with Gasteiger partial charge in [0.25, 0.3) is 0 Å². The fourth-order valence-corrected chi connectivity index (χ4v) is 4.40. The van der Waals surface area contributed by atoms with Crippen LogP contribution < -0.4 is 5.32 Å². The topological polar surface area (TPSA) is 41.3 Å². The van der Waals surface area contributed by atoms with Crippen LogP contribution >= 0.6 is 12.4 Å². The third kappa shape index (κ3) is 3.44. The quantitative estimate of drug-likeness (QED) is 0.698. The van der Waals surface area contributed by atoms with Crippen LogP contribution in [0.5, 0.6) is 0 Å². The highest BCUT2D eigenvalue weighted by molar-refractivity contribution is 5.85. The molecule has 2 aromatic carbocycles. The molecule has 0 aliphatic carbocycles. The third-order valence-electron chi connectivity index (χ3n) is 5.89. The summed E-state index contributed by atoms with van der Waals surface area (Å²) in [7, 11) is 0. The van der Waals surface area contributed by atoms with Crippen LogP contribution in [0.1, 0.15) is 41.3 Å². The van der Waals surface area contributed by atoms with E-state index < -0.39 is 0 Å². The van der Waals surface area contributed by atoms with Crippen molar-refractivity contribution in [3.05, 3.63) is 59.0 Å². The van der Waals surface area contributed by atoms with Gasteiger partial charge in [-0.2, -0.15) is 0 Å². The van der Waals surface area contributed by atoms with Crippen molar-refractivity contribution in [1.29, 1.82) is 0 Å². The first-order valence-electron chi connectivity index (χ1n) is 9.71. The molecule has 1 fully saturated rings. The summed E-state index contributed by atoms with van der Waals surface area (Å²) < 4.78 is 6.11. The Kier molecular flexibility index (Phi) is 5.11. The zero-order chi connectivity index (χ0) is 17.5. The van der Waals surface area contributed by atoms with Gasteiger partial charge in [-0.15, -0.1) is 12.4 Å². The molecule has 1 aromatic heterocycles. The Morgan fingerprint density at radius 3 is 2.78 bits per heavy atom. The van der Waals surface area contributed by atoms with E-state index in [-0.39, 0.29) is 12.4 Å². The summed E-state index contributed by atoms with van der Waals surface area (Å²) in [6, 6.07) is 12.9. The number of halogens is 1. The Bertz CT molecular complexity index is 944. The van der Waals surface area contributed by atoms with Crippen LogP contribution in [0.15, 0.2) is 40.8 Å². The van der Waals surface area contributed by atoms with E-state index in [1.807, 2.05) is 6.07 Å². The molecule has 0 bridgehead atoms. The molecule has 0 amide bonds. The number of nitrogens with zero attached hydrogens (tertiary/aromatic N) is 2. The van der Waals surface area contributed by atoms with Gasteiger partial charge in [-0.1, -0.05) is 30.3 Å². The summed E-state index contributed by atoms with van der Waals surface area (Å²) >= 11 is 0. The molecule has 0 spiro atoms. The number of likely N-dealkylation sites (tertiary alicyclic amines) is 1. The van der Waals surface area contributed by atoms with Gasteiger partial charge in [-0.25, -0.2) is 4.98 Å². The molecule has 3 aromatic rings. The SMILES string of the molecule is Cc1cccc2nc(C3CCN(Cc4cccc5c4NCC5)CC3)oc12.Cl. The highest BCUT2D eigenvalue weighted by atomic mass is 35.5. The number of benzene rings is 2. The molecule has 0 atom stereocenters. The molecule has 0 unspecified atom stereocenters. The largest absolute Gasteiger partial charge is 0.440 e. The van der Waals surface area contributed by atoms with Crippen LogP contribution in [0.2, 0.25) is 0 Å². The molecule has 0 radical (unpaired) electrons. The minimum absolute atomic E-state index is 0. The summed E-state index contributed by atoms with van der Waals surface area (Å²) in [6.07, 6.45) is 3.39. The molecule has 142 valence electrons. The van der Waals surface area contributed by atoms with E-state index in [1.54, 1.807) is 0 Å². The first-order chi connectivity index (χ1) is 12.8. The van der Waals surface area contributed by atoms with E-state index in [4.69, 9.17) is 9.40 Å². The van der Waals surface area contributed by atoms with Gasteiger partial charge in [0.2, 0.25) is 0 Å². The fraction of sp³-hybridized carbons (Fsp3) is 0.409. The Morgan fingerprint density at radius 2 is 1.96 bits per heavy atom. The van der Waals surface area contributed by atoms with Gasteiger partial charge in [-0.3, -0.25) is 4.90 Å². The molecular weight excluding hydrogens is 358 g/mol. The van der Waals surface area contributed by atoms with Gasteiger partial charge in [0, 0.05) is 24.7 Å².